The number of aliphatic hydroxyl groups excluding tert-OH is 3. The molecule has 1 amide bonds. The van der Waals surface area contributed by atoms with Crippen LogP contribution in [0.5, 0.6) is 0 Å². The van der Waals surface area contributed by atoms with E-state index in [1.165, 1.54) is 58.2 Å². The summed E-state index contributed by atoms with van der Waals surface area (Å²) in [4.78, 5) is 83.3. The van der Waals surface area contributed by atoms with Crippen LogP contribution in [0.3, 0.4) is 0 Å². The quantitative estimate of drug-likeness (QED) is 0.169. The second-order valence-electron chi connectivity index (χ2n) is 17.7. The molecule has 2 aromatic rings. The number of esters is 3. The van der Waals surface area contributed by atoms with Gasteiger partial charge in [-0.15, -0.1) is 0 Å². The normalized spacial score (nSPS) is 35.0. The van der Waals surface area contributed by atoms with Gasteiger partial charge in [-0.05, 0) is 70.0 Å². The molecule has 18 nitrogen and oxygen atoms in total. The third kappa shape index (κ3) is 6.46. The van der Waals surface area contributed by atoms with Crippen LogP contribution in [-0.2, 0) is 47.5 Å². The fourth-order valence-corrected chi connectivity index (χ4v) is 10.1. The van der Waals surface area contributed by atoms with E-state index >= 15 is 4.79 Å². The molecule has 3 heterocycles. The first-order valence-corrected chi connectivity index (χ1v) is 19.5. The summed E-state index contributed by atoms with van der Waals surface area (Å²) in [7, 11) is 0. The molecule has 1 spiro atoms. The Morgan fingerprint density at radius 3 is 2.25 bits per heavy atom. The van der Waals surface area contributed by atoms with Crippen LogP contribution in [0.25, 0.3) is 0 Å². The summed E-state index contributed by atoms with van der Waals surface area (Å²) in [5.74, 6) is -5.85. The molecule has 4 fully saturated rings. The summed E-state index contributed by atoms with van der Waals surface area (Å²) in [5.41, 5.74) is -9.11. The molecule has 60 heavy (non-hydrogen) atoms. The molecule has 2 saturated heterocycles. The van der Waals surface area contributed by atoms with Crippen LogP contribution in [0.1, 0.15) is 84.0 Å². The second-order valence-corrected chi connectivity index (χ2v) is 17.7. The molecule has 1 aromatic heterocycles. The zero-order valence-electron chi connectivity index (χ0n) is 34.3. The number of Topliss-reactive ketones (excluding diaryl/α,β-unsaturated/α-hetero) is 1. The Labute approximate surface area is 344 Å². The van der Waals surface area contributed by atoms with Crippen molar-refractivity contribution in [1.29, 1.82) is 0 Å². The van der Waals surface area contributed by atoms with Crippen LogP contribution in [0.15, 0.2) is 64.3 Å². The molecule has 3 aliphatic carbocycles. The summed E-state index contributed by atoms with van der Waals surface area (Å²) in [6.45, 7) is 11.4. The van der Waals surface area contributed by atoms with Crippen LogP contribution in [-0.4, -0.2) is 117 Å². The Morgan fingerprint density at radius 1 is 0.983 bits per heavy atom. The molecule has 12 atom stereocenters. The monoisotopic (exact) mass is 839 g/mol. The van der Waals surface area contributed by atoms with Gasteiger partial charge in [-0.3, -0.25) is 9.59 Å². The van der Waals surface area contributed by atoms with E-state index in [1.54, 1.807) is 39.0 Å². The third-order valence-corrected chi connectivity index (χ3v) is 12.7. The van der Waals surface area contributed by atoms with Crippen molar-refractivity contribution >= 4 is 35.9 Å². The number of carbonyl (C=O) groups is 6. The minimum atomic E-state index is -2.35. The van der Waals surface area contributed by atoms with Gasteiger partial charge in [0, 0.05) is 18.8 Å². The van der Waals surface area contributed by atoms with Crippen molar-refractivity contribution in [2.45, 2.75) is 127 Å². The Kier molecular flexibility index (Phi) is 10.5. The summed E-state index contributed by atoms with van der Waals surface area (Å²) >= 11 is 0. The number of hydrogen-bond donors (Lipinski definition) is 4. The van der Waals surface area contributed by atoms with E-state index in [0.29, 0.717) is 0 Å². The van der Waals surface area contributed by atoms with Crippen molar-refractivity contribution in [2.75, 3.05) is 6.61 Å². The second kappa shape index (κ2) is 14.7. The number of fused-ring (bicyclic) bond motifs is 4. The molecule has 2 saturated carbocycles. The third-order valence-electron chi connectivity index (χ3n) is 12.7. The van der Waals surface area contributed by atoms with Crippen LogP contribution in [0.4, 0.5) is 9.59 Å². The number of hydrogen-bond acceptors (Lipinski definition) is 17. The molecule has 7 rings (SSSR count). The van der Waals surface area contributed by atoms with Crippen LogP contribution in [0.2, 0.25) is 0 Å². The van der Waals surface area contributed by atoms with Gasteiger partial charge < -0.3 is 58.2 Å². The SMILES string of the molecule is CC(=O)O[C@@]12CO[C@@H]1C[C@H](O)[C@@]1(C)C(=O)[C@H](O)C3=C(C)[C@@H](OC(=O)[C@H](O)[C@@H](NC(=O)OC(C)(C)C)c4ccco4)[C@@H]4OC(=O)O[C@]4(C(OC(=O)c4ccccc4)C12)C3(C)C. The van der Waals surface area contributed by atoms with Crippen molar-refractivity contribution in [3.8, 4) is 0 Å². The lowest BCUT2D eigenvalue weighted by Gasteiger charge is -2.67. The summed E-state index contributed by atoms with van der Waals surface area (Å²) < 4.78 is 47.2. The van der Waals surface area contributed by atoms with Gasteiger partial charge in [-0.2, -0.15) is 0 Å². The maximum absolute atomic E-state index is 15.1. The first-order valence-electron chi connectivity index (χ1n) is 19.5. The number of benzene rings is 1. The average Bonchev–Trinajstić information content (AvgIpc) is 3.83. The lowest BCUT2D eigenvalue weighted by Crippen LogP contribution is -2.83. The number of alkyl carbamates (subject to hydrolysis) is 1. The van der Waals surface area contributed by atoms with Crippen LogP contribution in [0, 0.1) is 16.7 Å². The number of carbonyl (C=O) groups excluding carboxylic acids is 6. The molecule has 324 valence electrons. The van der Waals surface area contributed by atoms with E-state index in [-0.39, 0.29) is 35.5 Å². The molecule has 2 unspecified atom stereocenters. The number of furan rings is 1. The Balaban J connectivity index is 1.42. The Hall–Kier alpha value is -5.30. The maximum atomic E-state index is 15.1. The van der Waals surface area contributed by atoms with Gasteiger partial charge in [0.05, 0.1) is 35.9 Å². The van der Waals surface area contributed by atoms with Crippen LogP contribution >= 0.6 is 0 Å². The van der Waals surface area contributed by atoms with Crippen molar-refractivity contribution in [3.05, 3.63) is 71.2 Å². The highest BCUT2D eigenvalue weighted by Gasteiger charge is 2.83. The minimum Gasteiger partial charge on any atom is -0.467 e. The van der Waals surface area contributed by atoms with Gasteiger partial charge in [-0.1, -0.05) is 32.0 Å². The van der Waals surface area contributed by atoms with E-state index < -0.39 is 118 Å². The molecule has 2 bridgehead atoms. The van der Waals surface area contributed by atoms with E-state index in [9.17, 15) is 39.3 Å². The largest absolute Gasteiger partial charge is 0.509 e. The molecule has 18 heteroatoms. The minimum absolute atomic E-state index is 0.00462. The first-order chi connectivity index (χ1) is 28.0. The fraction of sp³-hybridized carbons (Fsp3) is 0.571. The predicted molar refractivity (Wildman–Crippen MR) is 200 cm³/mol. The molecule has 0 radical (unpaired) electrons. The molecule has 1 aromatic carbocycles. The Bertz CT molecular complexity index is 2110. The average molecular weight is 840 g/mol. The highest BCUT2D eigenvalue weighted by atomic mass is 16.8. The summed E-state index contributed by atoms with van der Waals surface area (Å²) in [5, 5.41) is 38.3. The van der Waals surface area contributed by atoms with Crippen molar-refractivity contribution in [2.24, 2.45) is 16.7 Å². The summed E-state index contributed by atoms with van der Waals surface area (Å²) in [6.07, 6.45) is -13.8. The zero-order valence-corrected chi connectivity index (χ0v) is 34.3. The van der Waals surface area contributed by atoms with E-state index in [4.69, 9.17) is 37.6 Å². The van der Waals surface area contributed by atoms with E-state index in [1.807, 2.05) is 0 Å². The highest BCUT2D eigenvalue weighted by molar-refractivity contribution is 5.94. The molecular formula is C42H49NO17. The van der Waals surface area contributed by atoms with E-state index in [2.05, 4.69) is 5.32 Å². The van der Waals surface area contributed by atoms with E-state index in [0.717, 1.165) is 6.92 Å². The van der Waals surface area contributed by atoms with Crippen molar-refractivity contribution in [1.82, 2.24) is 5.32 Å². The number of aliphatic hydroxyl groups is 3. The molecule has 2 aliphatic heterocycles. The Morgan fingerprint density at radius 2 is 1.67 bits per heavy atom. The van der Waals surface area contributed by atoms with Crippen molar-refractivity contribution in [3.63, 3.8) is 0 Å². The smallest absolute Gasteiger partial charge is 0.467 e. The molecular weight excluding hydrogens is 790 g/mol. The molecule has 5 aliphatic rings. The number of nitrogens with one attached hydrogen (secondary N) is 1. The lowest BCUT2D eigenvalue weighted by molar-refractivity contribution is -0.345. The number of rotatable bonds is 8. The topological polar surface area (TPSA) is 253 Å². The van der Waals surface area contributed by atoms with Gasteiger partial charge in [0.25, 0.3) is 0 Å². The summed E-state index contributed by atoms with van der Waals surface area (Å²) in [6, 6.07) is 8.95. The van der Waals surface area contributed by atoms with Crippen molar-refractivity contribution < 1.29 is 81.7 Å². The standard InChI is InChI=1S/C42H49NO17/c1-19-25-27(46)31(48)40(8)23(45)17-24-41(18-54-24,58-20(2)44)30(40)33(56-34(49)21-13-10-9-11-14-21)42(39(25,6)7)32(57-37(52)60-42)29(19)55-35(50)28(47)26(22-15-12-16-53-22)43-36(51)59-38(3,4)5/h9-16,23-24,26-30,32-33,45-47H,17-18H2,1-8H3,(H,43,51)/t23-,24+,26-,27+,28+,29+,30?,32-,33?,40+,41-,42+/m0/s1. The zero-order chi connectivity index (χ0) is 43.9. The van der Waals surface area contributed by atoms with Gasteiger partial charge in [0.2, 0.25) is 5.60 Å². The maximum Gasteiger partial charge on any atom is 0.509 e. The van der Waals surface area contributed by atoms with Gasteiger partial charge in [-0.25, -0.2) is 19.2 Å². The highest BCUT2D eigenvalue weighted by Crippen LogP contribution is 2.66. The molecule has 4 N–H and O–H groups in total. The fourth-order valence-electron chi connectivity index (χ4n) is 10.1. The van der Waals surface area contributed by atoms with Gasteiger partial charge >= 0.3 is 30.2 Å². The predicted octanol–water partition coefficient (Wildman–Crippen LogP) is 3.01. The number of amides is 1. The lowest BCUT2D eigenvalue weighted by atomic mass is 9.44. The van der Waals surface area contributed by atoms with Gasteiger partial charge in [0.15, 0.2) is 35.8 Å². The van der Waals surface area contributed by atoms with Crippen LogP contribution < -0.4 is 5.32 Å². The van der Waals surface area contributed by atoms with Gasteiger partial charge in [0.1, 0.15) is 29.6 Å². The number of ether oxygens (including phenoxy) is 7. The number of ketones is 1. The first kappa shape index (κ1) is 42.8.